The van der Waals surface area contributed by atoms with Crippen LogP contribution in [0.3, 0.4) is 0 Å². The van der Waals surface area contributed by atoms with Crippen molar-refractivity contribution in [2.24, 2.45) is 0 Å². The van der Waals surface area contributed by atoms with Crippen molar-refractivity contribution in [2.45, 2.75) is 11.8 Å². The smallest absolute Gasteiger partial charge is 0.308 e. The monoisotopic (exact) mass is 276 g/mol. The van der Waals surface area contributed by atoms with E-state index in [9.17, 15) is 4.79 Å². The maximum absolute atomic E-state index is 11.1. The summed E-state index contributed by atoms with van der Waals surface area (Å²) in [5.41, 5.74) is 0.916. The molecular formula is C14H9ClO2S. The minimum absolute atomic E-state index is 0.315. The Morgan fingerprint density at radius 2 is 2.11 bits per heavy atom. The van der Waals surface area contributed by atoms with Gasteiger partial charge in [0.05, 0.1) is 0 Å². The highest BCUT2D eigenvalue weighted by molar-refractivity contribution is 8.02. The zero-order valence-electron chi connectivity index (χ0n) is 9.57. The Morgan fingerprint density at radius 1 is 1.28 bits per heavy atom. The van der Waals surface area contributed by atoms with Crippen molar-refractivity contribution in [2.75, 3.05) is 0 Å². The molecule has 0 atom stereocenters. The first-order chi connectivity index (χ1) is 8.66. The Hall–Kier alpha value is -1.45. The van der Waals surface area contributed by atoms with Crippen LogP contribution in [0.1, 0.15) is 12.5 Å². The second-order valence-electron chi connectivity index (χ2n) is 3.97. The lowest BCUT2D eigenvalue weighted by Crippen LogP contribution is -2.01. The fraction of sp³-hybridized carbons (Fsp3) is 0.0714. The number of rotatable bonds is 1. The molecule has 4 heteroatoms. The summed E-state index contributed by atoms with van der Waals surface area (Å²) in [5.74, 6) is 0.275. The average Bonchev–Trinajstić information content (AvgIpc) is 2.35. The Balaban J connectivity index is 2.28. The quantitative estimate of drug-likeness (QED) is 0.719. The normalized spacial score (nSPS) is 13.3. The van der Waals surface area contributed by atoms with Crippen molar-refractivity contribution >= 4 is 45.9 Å². The Bertz CT molecular complexity index is 691. The van der Waals surface area contributed by atoms with Crippen LogP contribution in [0.5, 0.6) is 0 Å². The fourth-order valence-corrected chi connectivity index (χ4v) is 3.17. The lowest BCUT2D eigenvalue weighted by molar-refractivity contribution is -0.134. The number of benzene rings is 2. The van der Waals surface area contributed by atoms with Crippen molar-refractivity contribution in [1.29, 1.82) is 0 Å². The number of ether oxygens (including phenoxy) is 1. The van der Waals surface area contributed by atoms with E-state index in [1.165, 1.54) is 6.92 Å². The maximum atomic E-state index is 11.1. The van der Waals surface area contributed by atoms with Crippen LogP contribution >= 0.6 is 23.4 Å². The zero-order valence-corrected chi connectivity index (χ0v) is 11.1. The highest BCUT2D eigenvalue weighted by Crippen LogP contribution is 2.42. The van der Waals surface area contributed by atoms with E-state index in [0.717, 1.165) is 21.2 Å². The summed E-state index contributed by atoms with van der Waals surface area (Å²) in [5, 5.41) is 4.60. The molecule has 0 saturated carbocycles. The summed E-state index contributed by atoms with van der Waals surface area (Å²) in [6.07, 6.45) is 0. The van der Waals surface area contributed by atoms with Gasteiger partial charge in [0.25, 0.3) is 0 Å². The molecule has 2 nitrogen and oxygen atoms in total. The predicted octanol–water partition coefficient (Wildman–Crippen LogP) is 4.46. The number of thioether (sulfide) groups is 1. The molecule has 0 bridgehead atoms. The van der Waals surface area contributed by atoms with Gasteiger partial charge in [0.2, 0.25) is 0 Å². The van der Waals surface area contributed by atoms with Gasteiger partial charge in [0.1, 0.15) is 5.76 Å². The van der Waals surface area contributed by atoms with E-state index in [1.54, 1.807) is 11.8 Å². The van der Waals surface area contributed by atoms with Crippen LogP contribution in [-0.4, -0.2) is 5.97 Å². The van der Waals surface area contributed by atoms with Crippen molar-refractivity contribution in [3.8, 4) is 0 Å². The molecule has 0 saturated heterocycles. The second kappa shape index (κ2) is 4.34. The van der Waals surface area contributed by atoms with Gasteiger partial charge in [-0.3, -0.25) is 4.79 Å². The minimum Gasteiger partial charge on any atom is -0.425 e. The molecule has 1 aliphatic rings. The van der Waals surface area contributed by atoms with Gasteiger partial charge in [-0.2, -0.15) is 0 Å². The molecule has 90 valence electrons. The molecule has 0 unspecified atom stereocenters. The first-order valence-corrected chi connectivity index (χ1v) is 6.69. The van der Waals surface area contributed by atoms with E-state index in [4.69, 9.17) is 16.3 Å². The summed E-state index contributed by atoms with van der Waals surface area (Å²) in [4.78, 5) is 12.2. The van der Waals surface area contributed by atoms with Crippen LogP contribution in [0, 0.1) is 0 Å². The molecule has 3 rings (SSSR count). The van der Waals surface area contributed by atoms with Crippen molar-refractivity contribution in [3.05, 3.63) is 46.3 Å². The molecule has 0 fully saturated rings. The fourth-order valence-electron chi connectivity index (χ4n) is 2.06. The van der Waals surface area contributed by atoms with Crippen LogP contribution < -0.4 is 0 Å². The topological polar surface area (TPSA) is 26.3 Å². The summed E-state index contributed by atoms with van der Waals surface area (Å²) in [6.45, 7) is 1.40. The number of esters is 1. The summed E-state index contributed by atoms with van der Waals surface area (Å²) < 4.78 is 5.24. The molecular weight excluding hydrogens is 268 g/mol. The molecule has 0 spiro atoms. The molecule has 1 aliphatic heterocycles. The van der Waals surface area contributed by atoms with Crippen LogP contribution in [0.2, 0.25) is 5.02 Å². The SMILES string of the molecule is CC(=O)OC1=CSc2ccc(Cl)c3cccc1c23. The lowest BCUT2D eigenvalue weighted by atomic mass is 10.0. The third-order valence-electron chi connectivity index (χ3n) is 2.76. The molecule has 2 aromatic carbocycles. The van der Waals surface area contributed by atoms with E-state index in [2.05, 4.69) is 0 Å². The van der Waals surface area contributed by atoms with E-state index in [-0.39, 0.29) is 5.97 Å². The van der Waals surface area contributed by atoms with Crippen molar-refractivity contribution in [3.63, 3.8) is 0 Å². The lowest BCUT2D eigenvalue weighted by Gasteiger charge is -2.17. The van der Waals surface area contributed by atoms with Gasteiger partial charge in [-0.15, -0.1) is 0 Å². The van der Waals surface area contributed by atoms with Gasteiger partial charge in [-0.1, -0.05) is 41.6 Å². The number of halogens is 1. The van der Waals surface area contributed by atoms with Crippen LogP contribution in [0.25, 0.3) is 16.5 Å². The summed E-state index contributed by atoms with van der Waals surface area (Å²) in [7, 11) is 0. The standard InChI is InChI=1S/C14H9ClO2S/c1-8(16)17-12-7-18-13-6-5-11(15)9-3-2-4-10(12)14(9)13/h2-7H,1H3. The second-order valence-corrected chi connectivity index (χ2v) is 5.29. The maximum Gasteiger partial charge on any atom is 0.308 e. The molecule has 0 aliphatic carbocycles. The van der Waals surface area contributed by atoms with Gasteiger partial charge >= 0.3 is 5.97 Å². The minimum atomic E-state index is -0.315. The zero-order chi connectivity index (χ0) is 12.7. The third kappa shape index (κ3) is 1.80. The molecule has 2 aromatic rings. The van der Waals surface area contributed by atoms with Crippen LogP contribution in [0.15, 0.2) is 40.6 Å². The molecule has 0 aromatic heterocycles. The third-order valence-corrected chi connectivity index (χ3v) is 4.02. The number of hydrogen-bond acceptors (Lipinski definition) is 3. The number of hydrogen-bond donors (Lipinski definition) is 0. The largest absolute Gasteiger partial charge is 0.425 e. The average molecular weight is 277 g/mol. The molecule has 0 N–H and O–H groups in total. The molecule has 1 heterocycles. The van der Waals surface area contributed by atoms with E-state index in [0.29, 0.717) is 10.8 Å². The highest BCUT2D eigenvalue weighted by Gasteiger charge is 2.18. The Kier molecular flexibility index (Phi) is 2.80. The van der Waals surface area contributed by atoms with Gasteiger partial charge in [0.15, 0.2) is 0 Å². The predicted molar refractivity (Wildman–Crippen MR) is 74.6 cm³/mol. The number of carbonyl (C=O) groups is 1. The van der Waals surface area contributed by atoms with E-state index >= 15 is 0 Å². The molecule has 0 amide bonds. The molecule has 0 radical (unpaired) electrons. The summed E-state index contributed by atoms with van der Waals surface area (Å²) >= 11 is 7.74. The van der Waals surface area contributed by atoms with Crippen molar-refractivity contribution < 1.29 is 9.53 Å². The van der Waals surface area contributed by atoms with Gasteiger partial charge in [-0.25, -0.2) is 0 Å². The van der Waals surface area contributed by atoms with Gasteiger partial charge < -0.3 is 4.74 Å². The van der Waals surface area contributed by atoms with Crippen LogP contribution in [-0.2, 0) is 9.53 Å². The first-order valence-electron chi connectivity index (χ1n) is 5.43. The first kappa shape index (κ1) is 11.6. The Labute approximate surface area is 114 Å². The Morgan fingerprint density at radius 3 is 2.89 bits per heavy atom. The highest BCUT2D eigenvalue weighted by atomic mass is 35.5. The summed E-state index contributed by atoms with van der Waals surface area (Å²) in [6, 6.07) is 9.71. The van der Waals surface area contributed by atoms with Gasteiger partial charge in [-0.05, 0) is 12.1 Å². The molecule has 18 heavy (non-hydrogen) atoms. The number of carbonyl (C=O) groups excluding carboxylic acids is 1. The van der Waals surface area contributed by atoms with E-state index in [1.807, 2.05) is 35.7 Å². The van der Waals surface area contributed by atoms with E-state index < -0.39 is 0 Å². The van der Waals surface area contributed by atoms with Crippen molar-refractivity contribution in [1.82, 2.24) is 0 Å². The van der Waals surface area contributed by atoms with Crippen LogP contribution in [0.4, 0.5) is 0 Å². The van der Waals surface area contributed by atoms with Gasteiger partial charge in [0, 0.05) is 38.6 Å².